The highest BCUT2D eigenvalue weighted by atomic mass is 35.5. The molecular formula is C25H30ClFN2O2S. The Bertz CT molecular complexity index is 903. The van der Waals surface area contributed by atoms with E-state index in [1.165, 1.54) is 23.9 Å². The van der Waals surface area contributed by atoms with E-state index in [0.717, 1.165) is 36.8 Å². The summed E-state index contributed by atoms with van der Waals surface area (Å²) < 4.78 is 13.4. The lowest BCUT2D eigenvalue weighted by molar-refractivity contribution is -0.139. The Morgan fingerprint density at radius 2 is 1.84 bits per heavy atom. The average Bonchev–Trinajstić information content (AvgIpc) is 3.29. The molecule has 1 atom stereocenters. The van der Waals surface area contributed by atoms with Gasteiger partial charge in [-0.3, -0.25) is 9.59 Å². The minimum absolute atomic E-state index is 0.106. The predicted octanol–water partition coefficient (Wildman–Crippen LogP) is 5.58. The zero-order chi connectivity index (χ0) is 22.9. The highest BCUT2D eigenvalue weighted by Crippen LogP contribution is 2.23. The monoisotopic (exact) mass is 476 g/mol. The molecule has 0 radical (unpaired) electrons. The standard InChI is InChI=1S/C25H30ClFN2O2S/c1-2-23(25(31)28-21-8-4-5-9-21)29(15-18-11-13-20(27)14-12-18)24(30)17-32-16-19-7-3-6-10-22(19)26/h3,6-7,10-14,21,23H,2,4-5,8-9,15-17H2,1H3,(H,28,31)/t23-/m1/s1. The van der Waals surface area contributed by atoms with Gasteiger partial charge in [0.15, 0.2) is 0 Å². The number of nitrogens with one attached hydrogen (secondary N) is 1. The van der Waals surface area contributed by atoms with Crippen LogP contribution in [0.4, 0.5) is 4.39 Å². The maximum absolute atomic E-state index is 13.4. The van der Waals surface area contributed by atoms with Crippen LogP contribution in [0, 0.1) is 5.82 Å². The fourth-order valence-electron chi connectivity index (χ4n) is 4.02. The molecule has 0 aliphatic heterocycles. The van der Waals surface area contributed by atoms with E-state index in [0.29, 0.717) is 17.2 Å². The van der Waals surface area contributed by atoms with E-state index in [-0.39, 0.29) is 36.0 Å². The molecule has 1 aliphatic rings. The van der Waals surface area contributed by atoms with Gasteiger partial charge in [0.1, 0.15) is 11.9 Å². The molecular weight excluding hydrogens is 447 g/mol. The molecule has 0 unspecified atom stereocenters. The van der Waals surface area contributed by atoms with Crippen molar-refractivity contribution < 1.29 is 14.0 Å². The summed E-state index contributed by atoms with van der Waals surface area (Å²) >= 11 is 7.70. The van der Waals surface area contributed by atoms with Crippen molar-refractivity contribution >= 4 is 35.2 Å². The molecule has 2 aromatic carbocycles. The summed E-state index contributed by atoms with van der Waals surface area (Å²) in [6.07, 6.45) is 4.74. The molecule has 1 fully saturated rings. The lowest BCUT2D eigenvalue weighted by atomic mass is 10.1. The van der Waals surface area contributed by atoms with Crippen molar-refractivity contribution in [2.45, 2.75) is 63.4 Å². The second-order valence-electron chi connectivity index (χ2n) is 8.15. The smallest absolute Gasteiger partial charge is 0.243 e. The largest absolute Gasteiger partial charge is 0.352 e. The molecule has 1 saturated carbocycles. The van der Waals surface area contributed by atoms with Crippen LogP contribution in [-0.4, -0.2) is 34.6 Å². The fourth-order valence-corrected chi connectivity index (χ4v) is 5.22. The van der Waals surface area contributed by atoms with Crippen LogP contribution < -0.4 is 5.32 Å². The van der Waals surface area contributed by atoms with Crippen LogP contribution in [0.15, 0.2) is 48.5 Å². The molecule has 0 saturated heterocycles. The van der Waals surface area contributed by atoms with Crippen molar-refractivity contribution in [1.29, 1.82) is 0 Å². The molecule has 0 bridgehead atoms. The summed E-state index contributed by atoms with van der Waals surface area (Å²) in [6, 6.07) is 13.3. The third-order valence-corrected chi connectivity index (χ3v) is 7.13. The van der Waals surface area contributed by atoms with E-state index < -0.39 is 6.04 Å². The summed E-state index contributed by atoms with van der Waals surface area (Å²) in [6.45, 7) is 2.18. The summed E-state index contributed by atoms with van der Waals surface area (Å²) in [7, 11) is 0. The van der Waals surface area contributed by atoms with Crippen LogP contribution in [0.1, 0.15) is 50.2 Å². The van der Waals surface area contributed by atoms with Crippen LogP contribution >= 0.6 is 23.4 Å². The molecule has 3 rings (SSSR count). The topological polar surface area (TPSA) is 49.4 Å². The lowest BCUT2D eigenvalue weighted by Crippen LogP contribution is -2.51. The number of hydrogen-bond donors (Lipinski definition) is 1. The Labute approximate surface area is 198 Å². The van der Waals surface area contributed by atoms with Crippen molar-refractivity contribution in [2.24, 2.45) is 0 Å². The van der Waals surface area contributed by atoms with Gasteiger partial charge in [-0.25, -0.2) is 4.39 Å². The zero-order valence-electron chi connectivity index (χ0n) is 18.4. The van der Waals surface area contributed by atoms with Gasteiger partial charge < -0.3 is 10.2 Å². The first-order valence-electron chi connectivity index (χ1n) is 11.1. The van der Waals surface area contributed by atoms with E-state index in [2.05, 4.69) is 5.32 Å². The van der Waals surface area contributed by atoms with Gasteiger partial charge >= 0.3 is 0 Å². The van der Waals surface area contributed by atoms with E-state index in [1.807, 2.05) is 31.2 Å². The molecule has 7 heteroatoms. The summed E-state index contributed by atoms with van der Waals surface area (Å²) in [5.74, 6) is 0.305. The predicted molar refractivity (Wildman–Crippen MR) is 129 cm³/mol. The number of halogens is 2. The first-order valence-corrected chi connectivity index (χ1v) is 12.7. The average molecular weight is 477 g/mol. The molecule has 1 aliphatic carbocycles. The Kier molecular flexibility index (Phi) is 9.42. The fraction of sp³-hybridized carbons (Fsp3) is 0.440. The number of carbonyl (C=O) groups excluding carboxylic acids is 2. The number of carbonyl (C=O) groups is 2. The highest BCUT2D eigenvalue weighted by molar-refractivity contribution is 7.99. The van der Waals surface area contributed by atoms with Crippen LogP contribution in [0.5, 0.6) is 0 Å². The van der Waals surface area contributed by atoms with Gasteiger partial charge in [0.25, 0.3) is 0 Å². The van der Waals surface area contributed by atoms with Gasteiger partial charge in [0.05, 0.1) is 5.75 Å². The maximum atomic E-state index is 13.4. The van der Waals surface area contributed by atoms with Crippen molar-refractivity contribution in [1.82, 2.24) is 10.2 Å². The molecule has 0 spiro atoms. The van der Waals surface area contributed by atoms with E-state index in [1.54, 1.807) is 17.0 Å². The third kappa shape index (κ3) is 6.97. The second-order valence-corrected chi connectivity index (χ2v) is 9.54. The van der Waals surface area contributed by atoms with E-state index >= 15 is 0 Å². The molecule has 172 valence electrons. The first-order chi connectivity index (χ1) is 15.5. The van der Waals surface area contributed by atoms with Crippen molar-refractivity contribution in [3.05, 3.63) is 70.5 Å². The van der Waals surface area contributed by atoms with Gasteiger partial charge in [-0.2, -0.15) is 0 Å². The van der Waals surface area contributed by atoms with Crippen molar-refractivity contribution in [2.75, 3.05) is 5.75 Å². The lowest BCUT2D eigenvalue weighted by Gasteiger charge is -2.31. The first kappa shape index (κ1) is 24.6. The number of nitrogens with zero attached hydrogens (tertiary/aromatic N) is 1. The number of benzene rings is 2. The summed E-state index contributed by atoms with van der Waals surface area (Å²) in [5.41, 5.74) is 1.77. The third-order valence-electron chi connectivity index (χ3n) is 5.79. The van der Waals surface area contributed by atoms with Gasteiger partial charge in [-0.05, 0) is 48.6 Å². The molecule has 32 heavy (non-hydrogen) atoms. The molecule has 2 aromatic rings. The van der Waals surface area contributed by atoms with Crippen molar-refractivity contribution in [3.8, 4) is 0 Å². The summed E-state index contributed by atoms with van der Waals surface area (Å²) in [5, 5.41) is 3.81. The number of rotatable bonds is 10. The quantitative estimate of drug-likeness (QED) is 0.487. The van der Waals surface area contributed by atoms with Gasteiger partial charge in [0, 0.05) is 23.4 Å². The van der Waals surface area contributed by atoms with Crippen molar-refractivity contribution in [3.63, 3.8) is 0 Å². The molecule has 0 heterocycles. The minimum atomic E-state index is -0.561. The SMILES string of the molecule is CC[C@H](C(=O)NC1CCCC1)N(Cc1ccc(F)cc1)C(=O)CSCc1ccccc1Cl. The van der Waals surface area contributed by atoms with Gasteiger partial charge in [-0.15, -0.1) is 11.8 Å². The Balaban J connectivity index is 1.70. The Morgan fingerprint density at radius 1 is 1.16 bits per heavy atom. The normalized spacial score (nSPS) is 14.8. The number of thioether (sulfide) groups is 1. The molecule has 4 nitrogen and oxygen atoms in total. The van der Waals surface area contributed by atoms with Crippen LogP contribution in [0.25, 0.3) is 0 Å². The number of amides is 2. The Morgan fingerprint density at radius 3 is 2.50 bits per heavy atom. The minimum Gasteiger partial charge on any atom is -0.352 e. The van der Waals surface area contributed by atoms with Gasteiger partial charge in [0.2, 0.25) is 11.8 Å². The van der Waals surface area contributed by atoms with Gasteiger partial charge in [-0.1, -0.05) is 61.7 Å². The van der Waals surface area contributed by atoms with Crippen LogP contribution in [-0.2, 0) is 21.9 Å². The molecule has 0 aromatic heterocycles. The van der Waals surface area contributed by atoms with E-state index in [4.69, 9.17) is 11.6 Å². The zero-order valence-corrected chi connectivity index (χ0v) is 19.9. The van der Waals surface area contributed by atoms with Crippen LogP contribution in [0.2, 0.25) is 5.02 Å². The van der Waals surface area contributed by atoms with E-state index in [9.17, 15) is 14.0 Å². The molecule has 1 N–H and O–H groups in total. The Hall–Kier alpha value is -2.05. The highest BCUT2D eigenvalue weighted by Gasteiger charge is 2.30. The summed E-state index contributed by atoms with van der Waals surface area (Å²) in [4.78, 5) is 28.0. The second kappa shape index (κ2) is 12.3. The maximum Gasteiger partial charge on any atom is 0.243 e. The number of hydrogen-bond acceptors (Lipinski definition) is 3. The van der Waals surface area contributed by atoms with Crippen LogP contribution in [0.3, 0.4) is 0 Å². The molecule has 2 amide bonds.